The molecule has 26 heavy (non-hydrogen) atoms. The van der Waals surface area contributed by atoms with Gasteiger partial charge in [0.1, 0.15) is 0 Å². The van der Waals surface area contributed by atoms with E-state index in [0.717, 1.165) is 17.5 Å². The first-order valence-electron chi connectivity index (χ1n) is 8.46. The van der Waals surface area contributed by atoms with Crippen molar-refractivity contribution in [2.45, 2.75) is 25.8 Å². The number of rotatable bonds is 5. The van der Waals surface area contributed by atoms with Crippen LogP contribution >= 0.6 is 11.6 Å². The van der Waals surface area contributed by atoms with Gasteiger partial charge in [0, 0.05) is 17.1 Å². The summed E-state index contributed by atoms with van der Waals surface area (Å²) in [6.45, 7) is 2.42. The fraction of sp³-hybridized carbons (Fsp3) is 0.316. The van der Waals surface area contributed by atoms with Crippen molar-refractivity contribution >= 4 is 33.2 Å². The summed E-state index contributed by atoms with van der Waals surface area (Å²) in [4.78, 5) is 12.7. The predicted octanol–water partition coefficient (Wildman–Crippen LogP) is 3.54. The first-order valence-corrected chi connectivity index (χ1v) is 10.7. The van der Waals surface area contributed by atoms with Crippen LogP contribution in [0.4, 0.5) is 5.69 Å². The number of fused-ring (bicyclic) bond motifs is 1. The second-order valence-corrected chi connectivity index (χ2v) is 8.76. The van der Waals surface area contributed by atoms with Crippen molar-refractivity contribution in [1.82, 2.24) is 5.32 Å². The second-order valence-electron chi connectivity index (χ2n) is 6.41. The first-order chi connectivity index (χ1) is 12.3. The van der Waals surface area contributed by atoms with Gasteiger partial charge in [0.15, 0.2) is 0 Å². The number of carbonyl (C=O) groups excluding carboxylic acids is 1. The van der Waals surface area contributed by atoms with Gasteiger partial charge in [-0.1, -0.05) is 30.7 Å². The molecule has 1 unspecified atom stereocenters. The monoisotopic (exact) mass is 392 g/mol. The van der Waals surface area contributed by atoms with Crippen molar-refractivity contribution in [2.24, 2.45) is 0 Å². The highest BCUT2D eigenvalue weighted by molar-refractivity contribution is 7.92. The third-order valence-electron chi connectivity index (χ3n) is 4.58. The molecule has 0 spiro atoms. The molecule has 5 nitrogen and oxygen atoms in total. The van der Waals surface area contributed by atoms with Gasteiger partial charge in [-0.2, -0.15) is 0 Å². The van der Waals surface area contributed by atoms with Crippen molar-refractivity contribution < 1.29 is 13.2 Å². The fourth-order valence-electron chi connectivity index (χ4n) is 3.21. The zero-order valence-corrected chi connectivity index (χ0v) is 16.3. The summed E-state index contributed by atoms with van der Waals surface area (Å²) in [5.41, 5.74) is 3.07. The number of nitrogens with one attached hydrogen (secondary N) is 1. The predicted molar refractivity (Wildman–Crippen MR) is 104 cm³/mol. The van der Waals surface area contributed by atoms with Crippen LogP contribution in [0.1, 0.15) is 40.9 Å². The van der Waals surface area contributed by atoms with E-state index >= 15 is 0 Å². The Kier molecular flexibility index (Phi) is 5.25. The zero-order chi connectivity index (χ0) is 18.9. The van der Waals surface area contributed by atoms with Crippen LogP contribution in [0, 0.1) is 0 Å². The van der Waals surface area contributed by atoms with Gasteiger partial charge >= 0.3 is 0 Å². The van der Waals surface area contributed by atoms with E-state index in [9.17, 15) is 13.2 Å². The van der Waals surface area contributed by atoms with Crippen molar-refractivity contribution in [2.75, 3.05) is 17.1 Å². The van der Waals surface area contributed by atoms with Gasteiger partial charge in [-0.05, 0) is 54.3 Å². The highest BCUT2D eigenvalue weighted by Crippen LogP contribution is 2.31. The second kappa shape index (κ2) is 7.29. The molecular weight excluding hydrogens is 372 g/mol. The lowest BCUT2D eigenvalue weighted by Crippen LogP contribution is -2.28. The van der Waals surface area contributed by atoms with E-state index < -0.39 is 10.0 Å². The van der Waals surface area contributed by atoms with E-state index in [1.54, 1.807) is 30.3 Å². The maximum Gasteiger partial charge on any atom is 0.251 e. The van der Waals surface area contributed by atoms with E-state index in [2.05, 4.69) is 5.32 Å². The Hall–Kier alpha value is -2.05. The molecular formula is C19H21ClN2O3S. The third kappa shape index (κ3) is 3.86. The van der Waals surface area contributed by atoms with Crippen molar-refractivity contribution in [3.8, 4) is 0 Å². The lowest BCUT2D eigenvalue weighted by molar-refractivity contribution is 0.0935. The lowest BCUT2D eigenvalue weighted by Gasteiger charge is -2.19. The molecule has 0 bridgehead atoms. The number of hydrogen-bond acceptors (Lipinski definition) is 3. The molecule has 0 saturated heterocycles. The molecule has 1 atom stereocenters. The van der Waals surface area contributed by atoms with Gasteiger partial charge in [-0.15, -0.1) is 0 Å². The zero-order valence-electron chi connectivity index (χ0n) is 14.7. The van der Waals surface area contributed by atoms with Crippen LogP contribution in [-0.2, 0) is 16.4 Å². The van der Waals surface area contributed by atoms with E-state index in [1.165, 1.54) is 10.6 Å². The maximum absolute atomic E-state index is 12.7. The summed E-state index contributed by atoms with van der Waals surface area (Å²) >= 11 is 5.92. The Bertz CT molecular complexity index is 926. The largest absolute Gasteiger partial charge is 0.345 e. The molecule has 1 heterocycles. The van der Waals surface area contributed by atoms with Crippen LogP contribution in [0.5, 0.6) is 0 Å². The van der Waals surface area contributed by atoms with Crippen molar-refractivity contribution in [3.05, 3.63) is 64.2 Å². The minimum Gasteiger partial charge on any atom is -0.345 e. The lowest BCUT2D eigenvalue weighted by atomic mass is 10.0. The van der Waals surface area contributed by atoms with Gasteiger partial charge in [0.2, 0.25) is 10.0 Å². The quantitative estimate of drug-likeness (QED) is 0.846. The van der Waals surface area contributed by atoms with Gasteiger partial charge in [0.25, 0.3) is 5.91 Å². The van der Waals surface area contributed by atoms with Crippen molar-refractivity contribution in [3.63, 3.8) is 0 Å². The molecule has 0 fully saturated rings. The van der Waals surface area contributed by atoms with Crippen molar-refractivity contribution in [1.29, 1.82) is 0 Å². The van der Waals surface area contributed by atoms with Crippen LogP contribution in [0.2, 0.25) is 5.02 Å². The molecule has 0 radical (unpaired) electrons. The highest BCUT2D eigenvalue weighted by atomic mass is 35.5. The average Bonchev–Trinajstić information content (AvgIpc) is 3.03. The normalized spacial score (nSPS) is 14.8. The molecule has 7 heteroatoms. The highest BCUT2D eigenvalue weighted by Gasteiger charge is 2.27. The van der Waals surface area contributed by atoms with E-state index in [0.29, 0.717) is 29.2 Å². The van der Waals surface area contributed by atoms with E-state index in [-0.39, 0.29) is 11.9 Å². The molecule has 1 N–H and O–H groups in total. The topological polar surface area (TPSA) is 66.5 Å². The summed E-state index contributed by atoms with van der Waals surface area (Å²) in [5.74, 6) is -0.174. The van der Waals surface area contributed by atoms with Crippen LogP contribution in [0.25, 0.3) is 0 Å². The standard InChI is InChI=1S/C19H21ClN2O3S/c1-3-17(13-4-7-16(20)8-5-13)21-19(23)15-6-9-18-14(12-15)10-11-22(18)26(2,24)25/h4-9,12,17H,3,10-11H2,1-2H3,(H,21,23). The number of anilines is 1. The molecule has 0 aliphatic carbocycles. The molecule has 2 aromatic rings. The third-order valence-corrected chi connectivity index (χ3v) is 6.01. The minimum atomic E-state index is -3.29. The molecule has 3 rings (SSSR count). The summed E-state index contributed by atoms with van der Waals surface area (Å²) in [6, 6.07) is 12.5. The number of amides is 1. The summed E-state index contributed by atoms with van der Waals surface area (Å²) < 4.78 is 25.0. The summed E-state index contributed by atoms with van der Waals surface area (Å²) in [6.07, 6.45) is 2.55. The SMILES string of the molecule is CCC(NC(=O)c1ccc2c(c1)CCN2S(C)(=O)=O)c1ccc(Cl)cc1. The average molecular weight is 393 g/mol. The number of benzene rings is 2. The summed E-state index contributed by atoms with van der Waals surface area (Å²) in [7, 11) is -3.29. The first kappa shape index (κ1) is 18.7. The van der Waals surface area contributed by atoms with E-state index in [4.69, 9.17) is 11.6 Å². The Morgan fingerprint density at radius 1 is 1.23 bits per heavy atom. The Balaban J connectivity index is 1.79. The van der Waals surface area contributed by atoms with Gasteiger partial charge in [0.05, 0.1) is 18.0 Å². The number of halogens is 1. The number of carbonyl (C=O) groups is 1. The van der Waals surface area contributed by atoms with Gasteiger partial charge in [-0.3, -0.25) is 9.10 Å². The molecule has 1 aliphatic rings. The molecule has 138 valence electrons. The molecule has 0 saturated carbocycles. The number of hydrogen-bond donors (Lipinski definition) is 1. The van der Waals surface area contributed by atoms with Gasteiger partial charge in [-0.25, -0.2) is 8.42 Å². The van der Waals surface area contributed by atoms with Crippen LogP contribution in [0.15, 0.2) is 42.5 Å². The fourth-order valence-corrected chi connectivity index (χ4v) is 4.30. The van der Waals surface area contributed by atoms with E-state index in [1.807, 2.05) is 19.1 Å². The minimum absolute atomic E-state index is 0.111. The number of nitrogens with zero attached hydrogens (tertiary/aromatic N) is 1. The maximum atomic E-state index is 12.7. The smallest absolute Gasteiger partial charge is 0.251 e. The summed E-state index contributed by atoms with van der Waals surface area (Å²) in [5, 5.41) is 3.69. The Morgan fingerprint density at radius 3 is 2.54 bits per heavy atom. The van der Waals surface area contributed by atoms with Crippen LogP contribution in [0.3, 0.4) is 0 Å². The molecule has 0 aromatic heterocycles. The number of sulfonamides is 1. The Morgan fingerprint density at radius 2 is 1.92 bits per heavy atom. The van der Waals surface area contributed by atoms with Gasteiger partial charge < -0.3 is 5.32 Å². The molecule has 1 amide bonds. The molecule has 2 aromatic carbocycles. The van der Waals surface area contributed by atoms with Crippen LogP contribution < -0.4 is 9.62 Å². The Labute approximate surface area is 159 Å². The molecule has 1 aliphatic heterocycles. The van der Waals surface area contributed by atoms with Crippen LogP contribution in [-0.4, -0.2) is 27.1 Å².